The van der Waals surface area contributed by atoms with Crippen molar-refractivity contribution in [1.82, 2.24) is 10.2 Å². The number of unbranched alkanes of at least 4 members (excludes halogenated alkanes) is 1. The summed E-state index contributed by atoms with van der Waals surface area (Å²) in [4.78, 5) is 28.3. The van der Waals surface area contributed by atoms with Crippen molar-refractivity contribution >= 4 is 50.7 Å². The van der Waals surface area contributed by atoms with Crippen molar-refractivity contribution in [2.75, 3.05) is 24.0 Å². The Labute approximate surface area is 252 Å². The van der Waals surface area contributed by atoms with Gasteiger partial charge in [0, 0.05) is 23.1 Å². The second-order valence-corrected chi connectivity index (χ2v) is 12.0. The molecule has 3 aromatic carbocycles. The summed E-state index contributed by atoms with van der Waals surface area (Å²) >= 11 is 12.5. The Morgan fingerprint density at radius 1 is 0.976 bits per heavy atom. The van der Waals surface area contributed by atoms with E-state index in [0.717, 1.165) is 17.1 Å². The third kappa shape index (κ3) is 8.61. The predicted molar refractivity (Wildman–Crippen MR) is 163 cm³/mol. The highest BCUT2D eigenvalue weighted by Gasteiger charge is 2.32. The summed E-state index contributed by atoms with van der Waals surface area (Å²) in [6.45, 7) is 5.79. The van der Waals surface area contributed by atoms with Crippen LogP contribution in [0.3, 0.4) is 0 Å². The number of ether oxygens (including phenoxy) is 1. The Bertz CT molecular complexity index is 1420. The van der Waals surface area contributed by atoms with Crippen LogP contribution in [0, 0.1) is 0 Å². The molecule has 0 saturated heterocycles. The van der Waals surface area contributed by atoms with Crippen LogP contribution in [0.1, 0.15) is 39.2 Å². The molecule has 11 heteroatoms. The molecule has 0 spiro atoms. The Kier molecular flexibility index (Phi) is 11.9. The van der Waals surface area contributed by atoms with E-state index in [1.54, 1.807) is 67.6 Å². The molecule has 0 heterocycles. The number of hydrogen-bond acceptors (Lipinski definition) is 5. The number of benzene rings is 3. The lowest BCUT2D eigenvalue weighted by Gasteiger charge is -2.32. The molecular weight excluding hydrogens is 585 g/mol. The lowest BCUT2D eigenvalue weighted by atomic mass is 10.1. The SMILES string of the molecule is CCCCNC(=O)[C@@H](C)N(Cc1ccc(Cl)cc1Cl)C(=O)CN(c1ccccc1)S(=O)(=O)c1ccc(OCC)cc1. The number of sulfonamides is 1. The lowest BCUT2D eigenvalue weighted by molar-refractivity contribution is -0.139. The van der Waals surface area contributed by atoms with Gasteiger partial charge in [0.05, 0.1) is 17.2 Å². The van der Waals surface area contributed by atoms with Gasteiger partial charge >= 0.3 is 0 Å². The van der Waals surface area contributed by atoms with Crippen molar-refractivity contribution in [2.45, 2.75) is 51.1 Å². The second kappa shape index (κ2) is 15.1. The number of nitrogens with zero attached hydrogens (tertiary/aromatic N) is 2. The summed E-state index contributed by atoms with van der Waals surface area (Å²) in [6, 6.07) is 18.3. The minimum absolute atomic E-state index is 0.00439. The molecule has 1 N–H and O–H groups in total. The van der Waals surface area contributed by atoms with E-state index in [4.69, 9.17) is 27.9 Å². The largest absolute Gasteiger partial charge is 0.494 e. The summed E-state index contributed by atoms with van der Waals surface area (Å²) in [6.07, 6.45) is 1.69. The number of amides is 2. The highest BCUT2D eigenvalue weighted by Crippen LogP contribution is 2.27. The minimum Gasteiger partial charge on any atom is -0.494 e. The first kappa shape index (κ1) is 32.2. The molecule has 0 aromatic heterocycles. The summed E-state index contributed by atoms with van der Waals surface area (Å²) in [5, 5.41) is 3.61. The van der Waals surface area contributed by atoms with Crippen molar-refractivity contribution in [2.24, 2.45) is 0 Å². The highest BCUT2D eigenvalue weighted by atomic mass is 35.5. The normalized spacial score (nSPS) is 11.9. The van der Waals surface area contributed by atoms with Crippen LogP contribution >= 0.6 is 23.2 Å². The fourth-order valence-corrected chi connectivity index (χ4v) is 5.96. The van der Waals surface area contributed by atoms with Crippen molar-refractivity contribution in [3.05, 3.63) is 88.4 Å². The lowest BCUT2D eigenvalue weighted by Crippen LogP contribution is -2.51. The van der Waals surface area contributed by atoms with Gasteiger partial charge in [-0.15, -0.1) is 0 Å². The maximum Gasteiger partial charge on any atom is 0.264 e. The first-order valence-electron chi connectivity index (χ1n) is 13.4. The van der Waals surface area contributed by atoms with Gasteiger partial charge in [0.15, 0.2) is 0 Å². The molecule has 3 aromatic rings. The van der Waals surface area contributed by atoms with E-state index >= 15 is 0 Å². The zero-order valence-electron chi connectivity index (χ0n) is 23.3. The van der Waals surface area contributed by atoms with E-state index in [2.05, 4.69) is 5.32 Å². The third-order valence-electron chi connectivity index (χ3n) is 6.40. The average Bonchev–Trinajstić information content (AvgIpc) is 2.96. The summed E-state index contributed by atoms with van der Waals surface area (Å²) in [5.74, 6) is -0.396. The van der Waals surface area contributed by atoms with Crippen molar-refractivity contribution < 1.29 is 22.7 Å². The van der Waals surface area contributed by atoms with Gasteiger partial charge in [0.1, 0.15) is 18.3 Å². The molecule has 0 bridgehead atoms. The molecule has 0 unspecified atom stereocenters. The van der Waals surface area contributed by atoms with E-state index in [9.17, 15) is 18.0 Å². The van der Waals surface area contributed by atoms with E-state index in [0.29, 0.717) is 40.2 Å². The fraction of sp³-hybridized carbons (Fsp3) is 0.333. The van der Waals surface area contributed by atoms with Crippen molar-refractivity contribution in [3.8, 4) is 5.75 Å². The van der Waals surface area contributed by atoms with E-state index < -0.39 is 28.5 Å². The smallest absolute Gasteiger partial charge is 0.264 e. The van der Waals surface area contributed by atoms with Gasteiger partial charge in [-0.1, -0.05) is 60.8 Å². The number of anilines is 1. The summed E-state index contributed by atoms with van der Waals surface area (Å²) in [7, 11) is -4.18. The Morgan fingerprint density at radius 2 is 1.66 bits per heavy atom. The van der Waals surface area contributed by atoms with Crippen LogP contribution in [0.25, 0.3) is 0 Å². The zero-order chi connectivity index (χ0) is 30.0. The Hall–Kier alpha value is -3.27. The predicted octanol–water partition coefficient (Wildman–Crippen LogP) is 5.92. The molecule has 0 aliphatic rings. The number of para-hydroxylation sites is 1. The van der Waals surface area contributed by atoms with Gasteiger partial charge in [0.25, 0.3) is 10.0 Å². The highest BCUT2D eigenvalue weighted by molar-refractivity contribution is 7.92. The van der Waals surface area contributed by atoms with Crippen LogP contribution in [0.4, 0.5) is 5.69 Å². The third-order valence-corrected chi connectivity index (χ3v) is 8.77. The number of nitrogens with one attached hydrogen (secondary N) is 1. The molecule has 41 heavy (non-hydrogen) atoms. The maximum atomic E-state index is 14.0. The fourth-order valence-electron chi connectivity index (χ4n) is 4.08. The summed E-state index contributed by atoms with van der Waals surface area (Å²) < 4.78 is 34.3. The van der Waals surface area contributed by atoms with Crippen LogP contribution in [-0.4, -0.2) is 50.9 Å². The first-order valence-corrected chi connectivity index (χ1v) is 15.6. The molecular formula is C30H35Cl2N3O5S. The number of carbonyl (C=O) groups excluding carboxylic acids is 2. The van der Waals surface area contributed by atoms with Crippen LogP contribution in [0.15, 0.2) is 77.7 Å². The van der Waals surface area contributed by atoms with Gasteiger partial charge in [-0.25, -0.2) is 8.42 Å². The van der Waals surface area contributed by atoms with Crippen molar-refractivity contribution in [3.63, 3.8) is 0 Å². The molecule has 1 atom stereocenters. The van der Waals surface area contributed by atoms with Crippen molar-refractivity contribution in [1.29, 1.82) is 0 Å². The minimum atomic E-state index is -4.18. The molecule has 3 rings (SSSR count). The van der Waals surface area contributed by atoms with Gasteiger partial charge < -0.3 is 15.0 Å². The number of halogens is 2. The Balaban J connectivity index is 1.99. The van der Waals surface area contributed by atoms with E-state index in [1.807, 2.05) is 13.8 Å². The summed E-state index contributed by atoms with van der Waals surface area (Å²) in [5.41, 5.74) is 0.873. The Morgan fingerprint density at radius 3 is 2.27 bits per heavy atom. The van der Waals surface area contributed by atoms with E-state index in [-0.39, 0.29) is 17.3 Å². The molecule has 0 aliphatic heterocycles. The van der Waals surface area contributed by atoms with Crippen LogP contribution in [0.5, 0.6) is 5.75 Å². The van der Waals surface area contributed by atoms with Gasteiger partial charge in [-0.05, 0) is 74.4 Å². The van der Waals surface area contributed by atoms with Gasteiger partial charge in [-0.3, -0.25) is 13.9 Å². The molecule has 0 radical (unpaired) electrons. The topological polar surface area (TPSA) is 96.0 Å². The van der Waals surface area contributed by atoms with Crippen LogP contribution in [0.2, 0.25) is 10.0 Å². The molecule has 0 saturated carbocycles. The molecule has 0 fully saturated rings. The number of carbonyl (C=O) groups is 2. The molecule has 220 valence electrons. The monoisotopic (exact) mass is 619 g/mol. The number of rotatable bonds is 14. The quantitative estimate of drug-likeness (QED) is 0.226. The number of hydrogen-bond donors (Lipinski definition) is 1. The second-order valence-electron chi connectivity index (χ2n) is 9.33. The van der Waals surface area contributed by atoms with Gasteiger partial charge in [0.2, 0.25) is 11.8 Å². The first-order chi connectivity index (χ1) is 19.6. The molecule has 8 nitrogen and oxygen atoms in total. The van der Waals surface area contributed by atoms with Crippen LogP contribution in [-0.2, 0) is 26.2 Å². The standard InChI is InChI=1S/C30H35Cl2N3O5S/c1-4-6-18-33-30(37)22(3)34(20-23-12-13-24(31)19-28(23)32)29(36)21-35(25-10-8-7-9-11-25)41(38,39)27-16-14-26(15-17-27)40-5-2/h7-17,19,22H,4-6,18,20-21H2,1-3H3,(H,33,37)/t22-/m1/s1. The molecule has 0 aliphatic carbocycles. The average molecular weight is 621 g/mol. The van der Waals surface area contributed by atoms with Crippen LogP contribution < -0.4 is 14.4 Å². The molecule has 2 amide bonds. The maximum absolute atomic E-state index is 14.0. The van der Waals surface area contributed by atoms with E-state index in [1.165, 1.54) is 17.0 Å². The zero-order valence-corrected chi connectivity index (χ0v) is 25.7. The van der Waals surface area contributed by atoms with Gasteiger partial charge in [-0.2, -0.15) is 0 Å².